The summed E-state index contributed by atoms with van der Waals surface area (Å²) in [5.74, 6) is -0.0566. The van der Waals surface area contributed by atoms with Crippen LogP contribution in [0.1, 0.15) is 11.1 Å². The highest BCUT2D eigenvalue weighted by Gasteiger charge is 2.30. The first-order valence-corrected chi connectivity index (χ1v) is 9.61. The van der Waals surface area contributed by atoms with Crippen molar-refractivity contribution in [2.45, 2.75) is 12.7 Å². The summed E-state index contributed by atoms with van der Waals surface area (Å²) in [7, 11) is 1.43. The Hall–Kier alpha value is -3.80. The lowest BCUT2D eigenvalue weighted by atomic mass is 10.2. The van der Waals surface area contributed by atoms with Crippen LogP contribution in [0.2, 0.25) is 5.02 Å². The van der Waals surface area contributed by atoms with Crippen molar-refractivity contribution in [3.05, 3.63) is 69.2 Å². The Balaban J connectivity index is 1.76. The first-order valence-electron chi connectivity index (χ1n) is 9.23. The summed E-state index contributed by atoms with van der Waals surface area (Å²) in [4.78, 5) is 27.1. The first-order chi connectivity index (χ1) is 15.6. The third-order valence-electron chi connectivity index (χ3n) is 4.29. The van der Waals surface area contributed by atoms with E-state index < -0.39 is 23.2 Å². The van der Waals surface area contributed by atoms with E-state index in [0.29, 0.717) is 17.7 Å². The van der Waals surface area contributed by atoms with Crippen molar-refractivity contribution in [2.24, 2.45) is 5.73 Å². The molecule has 0 bridgehead atoms. The highest BCUT2D eigenvalue weighted by atomic mass is 35.5. The largest absolute Gasteiger partial charge is 0.493 e. The molecule has 3 rings (SSSR count). The minimum atomic E-state index is -4.55. The molecule has 0 saturated carbocycles. The zero-order valence-corrected chi connectivity index (χ0v) is 17.8. The molecule has 0 spiro atoms. The summed E-state index contributed by atoms with van der Waals surface area (Å²) in [6.07, 6.45) is -2.69. The fourth-order valence-electron chi connectivity index (χ4n) is 2.69. The van der Waals surface area contributed by atoms with E-state index in [9.17, 15) is 22.8 Å². The molecular weight excluding hydrogens is 467 g/mol. The van der Waals surface area contributed by atoms with Gasteiger partial charge in [-0.25, -0.2) is 4.98 Å². The molecule has 9 nitrogen and oxygen atoms in total. The number of alkyl halides is 3. The van der Waals surface area contributed by atoms with Crippen molar-refractivity contribution in [2.75, 3.05) is 19.0 Å². The third-order valence-corrected chi connectivity index (χ3v) is 4.66. The van der Waals surface area contributed by atoms with Gasteiger partial charge >= 0.3 is 6.18 Å². The van der Waals surface area contributed by atoms with E-state index in [1.807, 2.05) is 0 Å². The van der Waals surface area contributed by atoms with Gasteiger partial charge in [-0.3, -0.25) is 9.59 Å². The summed E-state index contributed by atoms with van der Waals surface area (Å²) < 4.78 is 49.4. The Labute approximate surface area is 189 Å². The molecule has 0 aliphatic heterocycles. The molecule has 0 radical (unpaired) electrons. The average molecular weight is 484 g/mol. The molecule has 0 atom stereocenters. The second-order valence-electron chi connectivity index (χ2n) is 6.59. The SMILES string of the molecule is COc1cc(CNc2cnn(-c3ccc(C(F)(F)F)cn3)c(=O)c2Cl)ccc1OCC(N)=O. The van der Waals surface area contributed by atoms with Crippen molar-refractivity contribution >= 4 is 23.2 Å². The number of carbonyl (C=O) groups is 1. The highest BCUT2D eigenvalue weighted by Crippen LogP contribution is 2.29. The normalized spacial score (nSPS) is 11.2. The number of nitrogens with zero attached hydrogens (tertiary/aromatic N) is 3. The van der Waals surface area contributed by atoms with Crippen molar-refractivity contribution in [3.8, 4) is 17.3 Å². The van der Waals surface area contributed by atoms with E-state index in [2.05, 4.69) is 15.4 Å². The maximum Gasteiger partial charge on any atom is 0.417 e. The molecule has 0 aliphatic rings. The third kappa shape index (κ3) is 5.71. The van der Waals surface area contributed by atoms with Crippen LogP contribution in [0.4, 0.5) is 18.9 Å². The van der Waals surface area contributed by atoms with Crippen molar-refractivity contribution < 1.29 is 27.4 Å². The van der Waals surface area contributed by atoms with Crippen molar-refractivity contribution in [1.29, 1.82) is 0 Å². The van der Waals surface area contributed by atoms with Crippen molar-refractivity contribution in [3.63, 3.8) is 0 Å². The number of aromatic nitrogens is 3. The quantitative estimate of drug-likeness (QED) is 0.505. The molecule has 1 aromatic carbocycles. The fourth-order valence-corrected chi connectivity index (χ4v) is 2.88. The Morgan fingerprint density at radius 3 is 2.58 bits per heavy atom. The number of ether oxygens (including phenoxy) is 2. The Morgan fingerprint density at radius 1 is 1.21 bits per heavy atom. The standard InChI is InChI=1S/C20H17ClF3N5O4/c1-32-15-6-11(2-4-14(15)33-10-16(25)30)7-26-13-9-28-29(19(31)18(13)21)17-5-3-12(8-27-17)20(22,23)24/h2-6,8-9,26H,7,10H2,1H3,(H2,25,30). The lowest BCUT2D eigenvalue weighted by Gasteiger charge is -2.13. The molecule has 13 heteroatoms. The number of primary amides is 1. The van der Waals surface area contributed by atoms with Crippen LogP contribution in [-0.2, 0) is 17.5 Å². The van der Waals surface area contributed by atoms with Crippen LogP contribution in [0.25, 0.3) is 5.82 Å². The maximum absolute atomic E-state index is 12.7. The summed E-state index contributed by atoms with van der Waals surface area (Å²) in [5, 5.41) is 6.66. The van der Waals surface area contributed by atoms with Gasteiger partial charge < -0.3 is 20.5 Å². The number of rotatable bonds is 8. The molecule has 174 valence electrons. The van der Waals surface area contributed by atoms with Gasteiger partial charge in [-0.2, -0.15) is 23.0 Å². The number of pyridine rings is 1. The van der Waals surface area contributed by atoms with Crippen LogP contribution in [-0.4, -0.2) is 34.4 Å². The predicted octanol–water partition coefficient (Wildman–Crippen LogP) is 2.78. The zero-order valence-electron chi connectivity index (χ0n) is 17.0. The van der Waals surface area contributed by atoms with Crippen LogP contribution in [0.3, 0.4) is 0 Å². The molecule has 1 amide bonds. The zero-order chi connectivity index (χ0) is 24.2. The van der Waals surface area contributed by atoms with Crippen LogP contribution in [0.15, 0.2) is 47.5 Å². The maximum atomic E-state index is 12.7. The number of anilines is 1. The molecular formula is C20H17ClF3N5O4. The number of nitrogens with two attached hydrogens (primary N) is 1. The number of carbonyl (C=O) groups excluding carboxylic acids is 1. The van der Waals surface area contributed by atoms with E-state index >= 15 is 0 Å². The second-order valence-corrected chi connectivity index (χ2v) is 6.96. The van der Waals surface area contributed by atoms with Gasteiger partial charge in [-0.05, 0) is 29.8 Å². The molecule has 3 N–H and O–H groups in total. The molecule has 3 aromatic rings. The molecule has 33 heavy (non-hydrogen) atoms. The van der Waals surface area contributed by atoms with Gasteiger partial charge in [-0.15, -0.1) is 0 Å². The minimum Gasteiger partial charge on any atom is -0.493 e. The second kappa shape index (κ2) is 9.77. The topological polar surface area (TPSA) is 121 Å². The first kappa shape index (κ1) is 23.9. The monoisotopic (exact) mass is 483 g/mol. The Morgan fingerprint density at radius 2 is 1.97 bits per heavy atom. The van der Waals surface area contributed by atoms with E-state index in [-0.39, 0.29) is 29.7 Å². The smallest absolute Gasteiger partial charge is 0.417 e. The van der Waals surface area contributed by atoms with Gasteiger partial charge in [0.15, 0.2) is 23.9 Å². The Kier molecular flexibility index (Phi) is 7.07. The summed E-state index contributed by atoms with van der Waals surface area (Å²) in [5.41, 5.74) is 4.28. The lowest BCUT2D eigenvalue weighted by molar-refractivity contribution is -0.137. The van der Waals surface area contributed by atoms with Crippen LogP contribution >= 0.6 is 11.6 Å². The molecule has 2 heterocycles. The number of methoxy groups -OCH3 is 1. The van der Waals surface area contributed by atoms with Gasteiger partial charge in [0, 0.05) is 12.7 Å². The van der Waals surface area contributed by atoms with E-state index in [1.165, 1.54) is 13.3 Å². The molecule has 0 aliphatic carbocycles. The van der Waals surface area contributed by atoms with Gasteiger partial charge in [0.2, 0.25) is 0 Å². The van der Waals surface area contributed by atoms with Crippen LogP contribution in [0, 0.1) is 0 Å². The molecule has 0 saturated heterocycles. The van der Waals surface area contributed by atoms with Crippen LogP contribution in [0.5, 0.6) is 11.5 Å². The van der Waals surface area contributed by atoms with E-state index in [0.717, 1.165) is 22.4 Å². The number of halogens is 4. The van der Waals surface area contributed by atoms with E-state index in [1.54, 1.807) is 18.2 Å². The fraction of sp³-hybridized carbons (Fsp3) is 0.200. The van der Waals surface area contributed by atoms with Gasteiger partial charge in [0.05, 0.1) is 24.6 Å². The van der Waals surface area contributed by atoms with Gasteiger partial charge in [0.1, 0.15) is 5.02 Å². The number of amides is 1. The average Bonchev–Trinajstić information content (AvgIpc) is 2.78. The highest BCUT2D eigenvalue weighted by molar-refractivity contribution is 6.32. The number of benzene rings is 1. The molecule has 2 aromatic heterocycles. The summed E-state index contributed by atoms with van der Waals surface area (Å²) in [6, 6.07) is 6.75. The lowest BCUT2D eigenvalue weighted by Crippen LogP contribution is -2.23. The summed E-state index contributed by atoms with van der Waals surface area (Å²) >= 11 is 6.14. The Bertz CT molecular complexity index is 1220. The predicted molar refractivity (Wildman–Crippen MR) is 113 cm³/mol. The van der Waals surface area contributed by atoms with Crippen molar-refractivity contribution in [1.82, 2.24) is 14.8 Å². The van der Waals surface area contributed by atoms with Gasteiger partial charge in [0.25, 0.3) is 11.5 Å². The van der Waals surface area contributed by atoms with E-state index in [4.69, 9.17) is 26.8 Å². The molecule has 0 fully saturated rings. The molecule has 0 unspecified atom stereocenters. The number of hydrogen-bond acceptors (Lipinski definition) is 7. The number of nitrogens with one attached hydrogen (secondary N) is 1. The summed E-state index contributed by atoms with van der Waals surface area (Å²) in [6.45, 7) is -0.0881. The number of hydrogen-bond donors (Lipinski definition) is 2. The van der Waals surface area contributed by atoms with Crippen LogP contribution < -0.4 is 26.1 Å². The minimum absolute atomic E-state index is 0.113. The van der Waals surface area contributed by atoms with Gasteiger partial charge in [-0.1, -0.05) is 17.7 Å².